The number of carbonyl (C=O) groups is 1. The van der Waals surface area contributed by atoms with Gasteiger partial charge in [-0.2, -0.15) is 0 Å². The van der Waals surface area contributed by atoms with Gasteiger partial charge in [0.25, 0.3) is 5.69 Å². The van der Waals surface area contributed by atoms with Gasteiger partial charge in [0.15, 0.2) is 0 Å². The second-order valence-corrected chi connectivity index (χ2v) is 3.71. The van der Waals surface area contributed by atoms with Crippen LogP contribution in [-0.2, 0) is 0 Å². The SMILES string of the molecule is O=C(O)c1cc(F)c(C=CCCCl)cc1[N+](=O)[O-]. The molecule has 1 rings (SSSR count). The van der Waals surface area contributed by atoms with Crippen LogP contribution in [0.4, 0.5) is 10.1 Å². The second kappa shape index (κ2) is 6.11. The zero-order valence-electron chi connectivity index (χ0n) is 9.10. The predicted octanol–water partition coefficient (Wildman–Crippen LogP) is 3.07. The lowest BCUT2D eigenvalue weighted by Gasteiger charge is -2.01. The molecule has 0 atom stereocenters. The summed E-state index contributed by atoms with van der Waals surface area (Å²) in [4.78, 5) is 20.6. The summed E-state index contributed by atoms with van der Waals surface area (Å²) in [6.45, 7) is 0. The molecule has 0 heterocycles. The fourth-order valence-corrected chi connectivity index (χ4v) is 1.43. The molecule has 0 aliphatic carbocycles. The van der Waals surface area contributed by atoms with Crippen molar-refractivity contribution in [2.75, 3.05) is 5.88 Å². The molecule has 0 amide bonds. The van der Waals surface area contributed by atoms with Crippen molar-refractivity contribution in [1.29, 1.82) is 0 Å². The highest BCUT2D eigenvalue weighted by atomic mass is 35.5. The summed E-state index contributed by atoms with van der Waals surface area (Å²) >= 11 is 5.43. The van der Waals surface area contributed by atoms with Gasteiger partial charge >= 0.3 is 5.97 Å². The maximum Gasteiger partial charge on any atom is 0.342 e. The maximum absolute atomic E-state index is 13.5. The first-order valence-corrected chi connectivity index (χ1v) is 5.44. The first-order valence-electron chi connectivity index (χ1n) is 4.91. The number of carboxylic acids is 1. The van der Waals surface area contributed by atoms with Crippen molar-refractivity contribution in [2.24, 2.45) is 0 Å². The van der Waals surface area contributed by atoms with E-state index in [2.05, 4.69) is 0 Å². The number of carboxylic acid groups (broad SMARTS) is 1. The van der Waals surface area contributed by atoms with Crippen molar-refractivity contribution in [3.05, 3.63) is 45.3 Å². The molecule has 0 spiro atoms. The molecule has 0 unspecified atom stereocenters. The number of halogens is 2. The molecule has 0 fully saturated rings. The van der Waals surface area contributed by atoms with E-state index >= 15 is 0 Å². The summed E-state index contributed by atoms with van der Waals surface area (Å²) in [6.07, 6.45) is 3.36. The highest BCUT2D eigenvalue weighted by molar-refractivity contribution is 6.17. The van der Waals surface area contributed by atoms with Crippen LogP contribution in [0.25, 0.3) is 6.08 Å². The van der Waals surface area contributed by atoms with Gasteiger partial charge in [-0.1, -0.05) is 12.2 Å². The van der Waals surface area contributed by atoms with E-state index in [0.29, 0.717) is 18.4 Å². The van der Waals surface area contributed by atoms with Crippen molar-refractivity contribution in [1.82, 2.24) is 0 Å². The third kappa shape index (κ3) is 3.27. The van der Waals surface area contributed by atoms with Crippen LogP contribution in [0.2, 0.25) is 0 Å². The Hall–Kier alpha value is -1.95. The van der Waals surface area contributed by atoms with Crippen LogP contribution in [-0.4, -0.2) is 21.9 Å². The summed E-state index contributed by atoms with van der Waals surface area (Å²) < 4.78 is 13.5. The minimum Gasteiger partial charge on any atom is -0.477 e. The Kier molecular flexibility index (Phi) is 4.79. The number of nitrogens with zero attached hydrogens (tertiary/aromatic N) is 1. The lowest BCUT2D eigenvalue weighted by atomic mass is 10.1. The lowest BCUT2D eigenvalue weighted by molar-refractivity contribution is -0.385. The van der Waals surface area contributed by atoms with Crippen LogP contribution in [0, 0.1) is 15.9 Å². The largest absolute Gasteiger partial charge is 0.477 e. The molecule has 18 heavy (non-hydrogen) atoms. The normalized spacial score (nSPS) is 10.8. The summed E-state index contributed by atoms with van der Waals surface area (Å²) in [6, 6.07) is 1.53. The van der Waals surface area contributed by atoms with Gasteiger partial charge in [0, 0.05) is 17.5 Å². The summed E-state index contributed by atoms with van der Waals surface area (Å²) in [5.41, 5.74) is -1.36. The fraction of sp³-hybridized carbons (Fsp3) is 0.182. The van der Waals surface area contributed by atoms with Gasteiger partial charge in [0.2, 0.25) is 0 Å². The number of nitro benzene ring substituents is 1. The number of alkyl halides is 1. The first kappa shape index (κ1) is 14.1. The molecular weight excluding hydrogens is 265 g/mol. The Labute approximate surface area is 107 Å². The summed E-state index contributed by atoms with van der Waals surface area (Å²) in [7, 11) is 0. The number of hydrogen-bond donors (Lipinski definition) is 1. The molecule has 0 aromatic heterocycles. The smallest absolute Gasteiger partial charge is 0.342 e. The van der Waals surface area contributed by atoms with E-state index < -0.39 is 28.0 Å². The minimum atomic E-state index is -1.54. The minimum absolute atomic E-state index is 0.0446. The monoisotopic (exact) mass is 273 g/mol. The van der Waals surface area contributed by atoms with Gasteiger partial charge in [-0.05, 0) is 12.5 Å². The molecule has 0 aliphatic heterocycles. The van der Waals surface area contributed by atoms with Gasteiger partial charge in [-0.3, -0.25) is 10.1 Å². The number of benzene rings is 1. The van der Waals surface area contributed by atoms with Crippen LogP contribution in [0.3, 0.4) is 0 Å². The van der Waals surface area contributed by atoms with Crippen LogP contribution in [0.1, 0.15) is 22.3 Å². The summed E-state index contributed by atoms with van der Waals surface area (Å²) in [5.74, 6) is -2.03. The Bertz CT molecular complexity index is 516. The summed E-state index contributed by atoms with van der Waals surface area (Å²) in [5, 5.41) is 19.4. The molecule has 0 saturated heterocycles. The van der Waals surface area contributed by atoms with Crippen LogP contribution in [0.5, 0.6) is 0 Å². The molecular formula is C11H9ClFNO4. The quantitative estimate of drug-likeness (QED) is 0.508. The average Bonchev–Trinajstić information content (AvgIpc) is 2.30. The zero-order chi connectivity index (χ0) is 13.7. The number of allylic oxidation sites excluding steroid dienone is 1. The van der Waals surface area contributed by atoms with Gasteiger partial charge in [-0.15, -0.1) is 11.6 Å². The van der Waals surface area contributed by atoms with E-state index in [1.807, 2.05) is 0 Å². The van der Waals surface area contributed by atoms with Crippen LogP contribution in [0.15, 0.2) is 18.2 Å². The number of hydrogen-bond acceptors (Lipinski definition) is 3. The third-order valence-corrected chi connectivity index (χ3v) is 2.33. The van der Waals surface area contributed by atoms with E-state index in [1.165, 1.54) is 6.08 Å². The highest BCUT2D eigenvalue weighted by Gasteiger charge is 2.22. The molecule has 0 aliphatic rings. The number of aromatic carboxylic acids is 1. The van der Waals surface area contributed by atoms with E-state index in [1.54, 1.807) is 6.08 Å². The number of nitro groups is 1. The molecule has 0 radical (unpaired) electrons. The van der Waals surface area contributed by atoms with Crippen molar-refractivity contribution >= 4 is 29.3 Å². The zero-order valence-corrected chi connectivity index (χ0v) is 9.85. The van der Waals surface area contributed by atoms with E-state index in [4.69, 9.17) is 16.7 Å². The first-order chi connectivity index (χ1) is 8.47. The second-order valence-electron chi connectivity index (χ2n) is 3.33. The Morgan fingerprint density at radius 2 is 2.22 bits per heavy atom. The standard InChI is InChI=1S/C11H9ClFNO4/c12-4-2-1-3-7-5-10(14(17)18)8(11(15)16)6-9(7)13/h1,3,5-6H,2,4H2,(H,15,16). The Morgan fingerprint density at radius 3 is 2.72 bits per heavy atom. The predicted molar refractivity (Wildman–Crippen MR) is 64.4 cm³/mol. The van der Waals surface area contributed by atoms with Gasteiger partial charge < -0.3 is 5.11 Å². The molecule has 0 bridgehead atoms. The molecule has 7 heteroatoms. The third-order valence-electron chi connectivity index (χ3n) is 2.12. The van der Waals surface area contributed by atoms with Crippen LogP contribution < -0.4 is 0 Å². The van der Waals surface area contributed by atoms with Crippen molar-refractivity contribution in [3.8, 4) is 0 Å². The van der Waals surface area contributed by atoms with Gasteiger partial charge in [0.05, 0.1) is 4.92 Å². The molecule has 5 nitrogen and oxygen atoms in total. The lowest BCUT2D eigenvalue weighted by Crippen LogP contribution is -2.04. The molecule has 1 aromatic rings. The topological polar surface area (TPSA) is 80.4 Å². The molecule has 1 aromatic carbocycles. The Balaban J connectivity index is 3.27. The van der Waals surface area contributed by atoms with Gasteiger partial charge in [-0.25, -0.2) is 9.18 Å². The van der Waals surface area contributed by atoms with E-state index in [9.17, 15) is 19.3 Å². The number of rotatable bonds is 5. The van der Waals surface area contributed by atoms with Crippen molar-refractivity contribution in [2.45, 2.75) is 6.42 Å². The van der Waals surface area contributed by atoms with E-state index in [0.717, 1.165) is 6.07 Å². The van der Waals surface area contributed by atoms with Crippen LogP contribution >= 0.6 is 11.6 Å². The van der Waals surface area contributed by atoms with Crippen molar-refractivity contribution in [3.63, 3.8) is 0 Å². The molecule has 1 N–H and O–H groups in total. The fourth-order valence-electron chi connectivity index (χ4n) is 1.30. The average molecular weight is 274 g/mol. The maximum atomic E-state index is 13.5. The molecule has 0 saturated carbocycles. The van der Waals surface area contributed by atoms with Gasteiger partial charge in [0.1, 0.15) is 11.4 Å². The Morgan fingerprint density at radius 1 is 1.56 bits per heavy atom. The van der Waals surface area contributed by atoms with Crippen molar-refractivity contribution < 1.29 is 19.2 Å². The highest BCUT2D eigenvalue weighted by Crippen LogP contribution is 2.24. The van der Waals surface area contributed by atoms with E-state index in [-0.39, 0.29) is 5.56 Å². The molecule has 96 valence electrons.